The van der Waals surface area contributed by atoms with Crippen LogP contribution in [0.3, 0.4) is 0 Å². The first kappa shape index (κ1) is 18.9. The third-order valence-corrected chi connectivity index (χ3v) is 5.06. The zero-order chi connectivity index (χ0) is 19.1. The number of likely N-dealkylation sites (tertiary alicyclic amines) is 1. The van der Waals surface area contributed by atoms with Crippen LogP contribution in [0.4, 0.5) is 0 Å². The standard InChI is InChI=1S/C22H25N3O2/c1-27-21-5-3-2-4-19(21)14-22(26)25-12-10-20(11-13-25)24-16-18-8-6-17(15-23)7-9-18/h2-9,20,24H,10-14,16H2,1H3. The zero-order valence-electron chi connectivity index (χ0n) is 15.6. The van der Waals surface area contributed by atoms with Gasteiger partial charge in [0.1, 0.15) is 5.75 Å². The van der Waals surface area contributed by atoms with Gasteiger partial charge in [-0.2, -0.15) is 5.26 Å². The summed E-state index contributed by atoms with van der Waals surface area (Å²) >= 11 is 0. The summed E-state index contributed by atoms with van der Waals surface area (Å²) in [5, 5.41) is 12.4. The van der Waals surface area contributed by atoms with Gasteiger partial charge in [0.05, 0.1) is 25.2 Å². The van der Waals surface area contributed by atoms with Gasteiger partial charge in [0.15, 0.2) is 0 Å². The Bertz CT molecular complexity index is 803. The summed E-state index contributed by atoms with van der Waals surface area (Å²) in [5.74, 6) is 0.926. The molecule has 1 aliphatic rings. The Kier molecular flexibility index (Phi) is 6.45. The van der Waals surface area contributed by atoms with Crippen LogP contribution in [0, 0.1) is 11.3 Å². The van der Waals surface area contributed by atoms with E-state index in [0.717, 1.165) is 43.8 Å². The second-order valence-electron chi connectivity index (χ2n) is 6.83. The molecule has 0 spiro atoms. The average molecular weight is 363 g/mol. The van der Waals surface area contributed by atoms with Crippen LogP contribution < -0.4 is 10.1 Å². The Morgan fingerprint density at radius 1 is 1.19 bits per heavy atom. The molecule has 3 rings (SSSR count). The highest BCUT2D eigenvalue weighted by atomic mass is 16.5. The monoisotopic (exact) mass is 363 g/mol. The summed E-state index contributed by atoms with van der Waals surface area (Å²) in [6.45, 7) is 2.34. The van der Waals surface area contributed by atoms with Crippen molar-refractivity contribution in [2.45, 2.75) is 31.8 Å². The van der Waals surface area contributed by atoms with E-state index in [2.05, 4.69) is 11.4 Å². The highest BCUT2D eigenvalue weighted by Gasteiger charge is 2.23. The highest BCUT2D eigenvalue weighted by molar-refractivity contribution is 5.79. The summed E-state index contributed by atoms with van der Waals surface area (Å²) < 4.78 is 5.34. The van der Waals surface area contributed by atoms with Gasteiger partial charge in [-0.1, -0.05) is 30.3 Å². The molecule has 2 aromatic carbocycles. The van der Waals surface area contributed by atoms with E-state index < -0.39 is 0 Å². The molecule has 1 saturated heterocycles. The number of amides is 1. The van der Waals surface area contributed by atoms with E-state index in [0.29, 0.717) is 18.0 Å². The first-order valence-electron chi connectivity index (χ1n) is 9.31. The van der Waals surface area contributed by atoms with Crippen LogP contribution >= 0.6 is 0 Å². The number of carbonyl (C=O) groups is 1. The molecule has 0 radical (unpaired) electrons. The number of carbonyl (C=O) groups excluding carboxylic acids is 1. The number of benzene rings is 2. The lowest BCUT2D eigenvalue weighted by atomic mass is 10.0. The number of piperidine rings is 1. The van der Waals surface area contributed by atoms with Gasteiger partial charge >= 0.3 is 0 Å². The van der Waals surface area contributed by atoms with Crippen molar-refractivity contribution in [1.29, 1.82) is 5.26 Å². The molecule has 2 aromatic rings. The number of hydrogen-bond acceptors (Lipinski definition) is 4. The van der Waals surface area contributed by atoms with Crippen molar-refractivity contribution >= 4 is 5.91 Å². The van der Waals surface area contributed by atoms with Gasteiger partial charge in [-0.05, 0) is 36.6 Å². The topological polar surface area (TPSA) is 65.4 Å². The summed E-state index contributed by atoms with van der Waals surface area (Å²) in [4.78, 5) is 14.6. The first-order valence-corrected chi connectivity index (χ1v) is 9.31. The molecule has 1 fully saturated rings. The minimum atomic E-state index is 0.157. The van der Waals surface area contributed by atoms with Crippen LogP contribution in [0.2, 0.25) is 0 Å². The molecule has 1 amide bonds. The molecule has 27 heavy (non-hydrogen) atoms. The van der Waals surface area contributed by atoms with Crippen molar-refractivity contribution < 1.29 is 9.53 Å². The number of hydrogen-bond donors (Lipinski definition) is 1. The third kappa shape index (κ3) is 5.08. The van der Waals surface area contributed by atoms with Gasteiger partial charge in [0.25, 0.3) is 0 Å². The maximum absolute atomic E-state index is 12.6. The summed E-state index contributed by atoms with van der Waals surface area (Å²) in [6, 6.07) is 17.9. The fourth-order valence-corrected chi connectivity index (χ4v) is 3.42. The first-order chi connectivity index (χ1) is 13.2. The zero-order valence-corrected chi connectivity index (χ0v) is 15.6. The van der Waals surface area contributed by atoms with Crippen LogP contribution in [-0.2, 0) is 17.8 Å². The van der Waals surface area contributed by atoms with E-state index in [9.17, 15) is 4.79 Å². The SMILES string of the molecule is COc1ccccc1CC(=O)N1CCC(NCc2ccc(C#N)cc2)CC1. The van der Waals surface area contributed by atoms with Crippen molar-refractivity contribution in [3.05, 3.63) is 65.2 Å². The van der Waals surface area contributed by atoms with E-state index >= 15 is 0 Å². The van der Waals surface area contributed by atoms with Crippen LogP contribution in [0.5, 0.6) is 5.75 Å². The Labute approximate surface area is 160 Å². The van der Waals surface area contributed by atoms with Gasteiger partial charge in [0.2, 0.25) is 5.91 Å². The lowest BCUT2D eigenvalue weighted by Crippen LogP contribution is -2.45. The number of ether oxygens (including phenoxy) is 1. The molecule has 5 nitrogen and oxygen atoms in total. The summed E-state index contributed by atoms with van der Waals surface area (Å²) in [7, 11) is 1.63. The minimum Gasteiger partial charge on any atom is -0.496 e. The molecule has 1 aliphatic heterocycles. The molecule has 1 heterocycles. The second-order valence-corrected chi connectivity index (χ2v) is 6.83. The van der Waals surface area contributed by atoms with Gasteiger partial charge in [0, 0.05) is 31.2 Å². The molecule has 0 unspecified atom stereocenters. The lowest BCUT2D eigenvalue weighted by molar-refractivity contribution is -0.131. The molecular formula is C22H25N3O2. The average Bonchev–Trinajstić information content (AvgIpc) is 2.73. The van der Waals surface area contributed by atoms with Crippen LogP contribution in [0.1, 0.15) is 29.5 Å². The fraction of sp³-hybridized carbons (Fsp3) is 0.364. The van der Waals surface area contributed by atoms with Crippen molar-refractivity contribution in [2.75, 3.05) is 20.2 Å². The van der Waals surface area contributed by atoms with Crippen LogP contribution in [-0.4, -0.2) is 37.0 Å². The maximum Gasteiger partial charge on any atom is 0.227 e. The molecular weight excluding hydrogens is 338 g/mol. The largest absolute Gasteiger partial charge is 0.496 e. The van der Waals surface area contributed by atoms with Gasteiger partial charge in [-0.25, -0.2) is 0 Å². The Morgan fingerprint density at radius 2 is 1.89 bits per heavy atom. The normalized spacial score (nSPS) is 14.6. The Morgan fingerprint density at radius 3 is 2.56 bits per heavy atom. The molecule has 0 atom stereocenters. The van der Waals surface area contributed by atoms with Crippen molar-refractivity contribution in [2.24, 2.45) is 0 Å². The molecule has 5 heteroatoms. The number of methoxy groups -OCH3 is 1. The predicted octanol–water partition coefficient (Wildman–Crippen LogP) is 2.89. The number of rotatable bonds is 6. The number of nitrogens with one attached hydrogen (secondary N) is 1. The number of para-hydroxylation sites is 1. The number of nitriles is 1. The van der Waals surface area contributed by atoms with E-state index in [1.165, 1.54) is 5.56 Å². The predicted molar refractivity (Wildman–Crippen MR) is 104 cm³/mol. The maximum atomic E-state index is 12.6. The third-order valence-electron chi connectivity index (χ3n) is 5.06. The quantitative estimate of drug-likeness (QED) is 0.857. The van der Waals surface area contributed by atoms with Gasteiger partial charge in [-0.3, -0.25) is 4.79 Å². The molecule has 140 valence electrons. The Balaban J connectivity index is 1.45. The highest BCUT2D eigenvalue weighted by Crippen LogP contribution is 2.20. The van der Waals surface area contributed by atoms with Gasteiger partial charge in [-0.15, -0.1) is 0 Å². The van der Waals surface area contributed by atoms with Crippen molar-refractivity contribution in [1.82, 2.24) is 10.2 Å². The molecule has 0 aliphatic carbocycles. The van der Waals surface area contributed by atoms with Crippen molar-refractivity contribution in [3.8, 4) is 11.8 Å². The fourth-order valence-electron chi connectivity index (χ4n) is 3.42. The van der Waals surface area contributed by atoms with E-state index in [1.54, 1.807) is 7.11 Å². The summed E-state index contributed by atoms with van der Waals surface area (Å²) in [6.07, 6.45) is 2.29. The lowest BCUT2D eigenvalue weighted by Gasteiger charge is -2.32. The van der Waals surface area contributed by atoms with E-state index in [-0.39, 0.29) is 5.91 Å². The van der Waals surface area contributed by atoms with E-state index in [4.69, 9.17) is 10.00 Å². The van der Waals surface area contributed by atoms with Crippen LogP contribution in [0.15, 0.2) is 48.5 Å². The second kappa shape index (κ2) is 9.20. The van der Waals surface area contributed by atoms with Crippen molar-refractivity contribution in [3.63, 3.8) is 0 Å². The Hall–Kier alpha value is -2.84. The number of nitrogens with zero attached hydrogens (tertiary/aromatic N) is 2. The minimum absolute atomic E-state index is 0.157. The molecule has 0 bridgehead atoms. The molecule has 0 aromatic heterocycles. The van der Waals surface area contributed by atoms with Gasteiger partial charge < -0.3 is 15.0 Å². The molecule has 0 saturated carbocycles. The van der Waals surface area contributed by atoms with Crippen LogP contribution in [0.25, 0.3) is 0 Å². The van der Waals surface area contributed by atoms with E-state index in [1.807, 2.05) is 53.4 Å². The molecule has 1 N–H and O–H groups in total. The summed E-state index contributed by atoms with van der Waals surface area (Å²) in [5.41, 5.74) is 2.79. The smallest absolute Gasteiger partial charge is 0.227 e.